The van der Waals surface area contributed by atoms with Gasteiger partial charge in [0.1, 0.15) is 0 Å². The smallest absolute Gasteiger partial charge is 0.307 e. The van der Waals surface area contributed by atoms with Crippen molar-refractivity contribution in [3.05, 3.63) is 23.5 Å². The molecule has 1 amide bonds. The summed E-state index contributed by atoms with van der Waals surface area (Å²) in [7, 11) is 0. The number of anilines is 1. The zero-order chi connectivity index (χ0) is 15.2. The lowest BCUT2D eigenvalue weighted by atomic mass is 9.96. The number of amides is 1. The molecule has 112 valence electrons. The van der Waals surface area contributed by atoms with Crippen LogP contribution in [0, 0.1) is 17.3 Å². The number of carboxylic acid groups (broad SMARTS) is 1. The maximum Gasteiger partial charge on any atom is 0.307 e. The summed E-state index contributed by atoms with van der Waals surface area (Å²) in [6, 6.07) is 1.98. The minimum atomic E-state index is -0.899. The largest absolute Gasteiger partial charge is 0.481 e. The lowest BCUT2D eigenvalue weighted by Gasteiger charge is -2.15. The first kappa shape index (κ1) is 14.0. The van der Waals surface area contributed by atoms with Crippen molar-refractivity contribution < 1.29 is 14.7 Å². The van der Waals surface area contributed by atoms with Crippen molar-refractivity contribution in [1.82, 2.24) is 4.98 Å². The van der Waals surface area contributed by atoms with E-state index in [0.29, 0.717) is 5.69 Å². The van der Waals surface area contributed by atoms with Crippen molar-refractivity contribution >= 4 is 17.6 Å². The molecule has 2 atom stereocenters. The van der Waals surface area contributed by atoms with Gasteiger partial charge in [-0.05, 0) is 42.7 Å². The third-order valence-corrected chi connectivity index (χ3v) is 4.81. The predicted octanol–water partition coefficient (Wildman–Crippen LogP) is 2.26. The Morgan fingerprint density at radius 1 is 1.29 bits per heavy atom. The number of aliphatic carboxylic acids is 1. The van der Waals surface area contributed by atoms with Crippen LogP contribution in [0.4, 0.5) is 5.69 Å². The van der Waals surface area contributed by atoms with Gasteiger partial charge in [-0.2, -0.15) is 0 Å². The summed E-state index contributed by atoms with van der Waals surface area (Å²) in [5.41, 5.74) is 2.52. The number of carbonyl (C=O) groups is 2. The van der Waals surface area contributed by atoms with Crippen molar-refractivity contribution in [2.45, 2.75) is 39.5 Å². The Morgan fingerprint density at radius 3 is 2.67 bits per heavy atom. The second-order valence-electron chi connectivity index (χ2n) is 6.64. The van der Waals surface area contributed by atoms with Gasteiger partial charge in [0.05, 0.1) is 23.7 Å². The summed E-state index contributed by atoms with van der Waals surface area (Å²) in [6.45, 7) is 3.64. The molecule has 1 aromatic rings. The van der Waals surface area contributed by atoms with Crippen molar-refractivity contribution in [2.75, 3.05) is 5.32 Å². The number of nitrogens with zero attached hydrogens (tertiary/aromatic N) is 1. The first-order valence-corrected chi connectivity index (χ1v) is 7.42. The van der Waals surface area contributed by atoms with E-state index in [1.807, 2.05) is 19.9 Å². The molecule has 2 N–H and O–H groups in total. The Hall–Kier alpha value is -1.91. The first-order chi connectivity index (χ1) is 9.91. The van der Waals surface area contributed by atoms with Gasteiger partial charge in [-0.25, -0.2) is 0 Å². The number of fused-ring (bicyclic) bond motifs is 1. The van der Waals surface area contributed by atoms with Crippen LogP contribution in [0.2, 0.25) is 0 Å². The molecule has 1 saturated carbocycles. The van der Waals surface area contributed by atoms with Crippen LogP contribution in [-0.2, 0) is 22.4 Å². The molecule has 5 heteroatoms. The molecule has 1 fully saturated rings. The van der Waals surface area contributed by atoms with E-state index in [9.17, 15) is 9.59 Å². The molecule has 3 rings (SSSR count). The van der Waals surface area contributed by atoms with Crippen LogP contribution in [0.3, 0.4) is 0 Å². The molecular weight excluding hydrogens is 268 g/mol. The van der Waals surface area contributed by atoms with Crippen molar-refractivity contribution in [3.63, 3.8) is 0 Å². The van der Waals surface area contributed by atoms with E-state index in [-0.39, 0.29) is 5.91 Å². The SMILES string of the molecule is CC1(C)[C@H](C(=O)O)[C@@H]1C(=O)Nc1cnc2c(c1)CCCC2. The minimum absolute atomic E-state index is 0.218. The molecule has 2 aliphatic carbocycles. The normalized spacial score (nSPS) is 25.8. The highest BCUT2D eigenvalue weighted by atomic mass is 16.4. The summed E-state index contributed by atoms with van der Waals surface area (Å²) < 4.78 is 0. The third kappa shape index (κ3) is 2.41. The Balaban J connectivity index is 1.73. The predicted molar refractivity (Wildman–Crippen MR) is 77.9 cm³/mol. The lowest BCUT2D eigenvalue weighted by molar-refractivity contribution is -0.140. The Labute approximate surface area is 123 Å². The number of aromatic nitrogens is 1. The van der Waals surface area contributed by atoms with Crippen LogP contribution in [0.1, 0.15) is 37.9 Å². The third-order valence-electron chi connectivity index (χ3n) is 4.81. The van der Waals surface area contributed by atoms with Crippen LogP contribution in [0.25, 0.3) is 0 Å². The van der Waals surface area contributed by atoms with Crippen molar-refractivity contribution in [1.29, 1.82) is 0 Å². The number of nitrogens with one attached hydrogen (secondary N) is 1. The lowest BCUT2D eigenvalue weighted by Crippen LogP contribution is -2.18. The van der Waals surface area contributed by atoms with Crippen LogP contribution in [0.5, 0.6) is 0 Å². The summed E-state index contributed by atoms with van der Waals surface area (Å²) in [6.07, 6.45) is 6.00. The van der Waals surface area contributed by atoms with Crippen LogP contribution in [0.15, 0.2) is 12.3 Å². The van der Waals surface area contributed by atoms with Gasteiger partial charge < -0.3 is 10.4 Å². The van der Waals surface area contributed by atoms with Gasteiger partial charge in [0.25, 0.3) is 0 Å². The zero-order valence-corrected chi connectivity index (χ0v) is 12.3. The average Bonchev–Trinajstić information content (AvgIpc) is 3.02. The highest BCUT2D eigenvalue weighted by Gasteiger charge is 2.65. The molecule has 21 heavy (non-hydrogen) atoms. The molecule has 0 bridgehead atoms. The highest BCUT2D eigenvalue weighted by Crippen LogP contribution is 2.58. The second-order valence-corrected chi connectivity index (χ2v) is 6.64. The van der Waals surface area contributed by atoms with Crippen molar-refractivity contribution in [2.24, 2.45) is 17.3 Å². The molecule has 0 radical (unpaired) electrons. The standard InChI is InChI=1S/C16H20N2O3/c1-16(2)12(13(16)15(20)21)14(19)18-10-7-9-5-3-4-6-11(9)17-8-10/h7-8,12-13H,3-6H2,1-2H3,(H,18,19)(H,20,21)/t12-,13+/m1/s1. The van der Waals surface area contributed by atoms with E-state index in [2.05, 4.69) is 10.3 Å². The van der Waals surface area contributed by atoms with Crippen LogP contribution < -0.4 is 5.32 Å². The van der Waals surface area contributed by atoms with Gasteiger partial charge in [-0.3, -0.25) is 14.6 Å². The van der Waals surface area contributed by atoms with Gasteiger partial charge in [-0.15, -0.1) is 0 Å². The summed E-state index contributed by atoms with van der Waals surface area (Å²) >= 11 is 0. The molecule has 1 aromatic heterocycles. The summed E-state index contributed by atoms with van der Waals surface area (Å²) in [5.74, 6) is -2.18. The fourth-order valence-corrected chi connectivity index (χ4v) is 3.46. The Bertz CT molecular complexity index is 610. The maximum atomic E-state index is 12.3. The zero-order valence-electron chi connectivity index (χ0n) is 12.3. The van der Waals surface area contributed by atoms with E-state index in [0.717, 1.165) is 25.0 Å². The van der Waals surface area contributed by atoms with Crippen LogP contribution >= 0.6 is 0 Å². The number of aryl methyl sites for hydroxylation is 2. The average molecular weight is 288 g/mol. The number of hydrogen-bond donors (Lipinski definition) is 2. The fourth-order valence-electron chi connectivity index (χ4n) is 3.46. The highest BCUT2D eigenvalue weighted by molar-refractivity contribution is 5.99. The number of hydrogen-bond acceptors (Lipinski definition) is 3. The van der Waals surface area contributed by atoms with Gasteiger partial charge in [0.2, 0.25) is 5.91 Å². The van der Waals surface area contributed by atoms with E-state index >= 15 is 0 Å². The second kappa shape index (κ2) is 4.83. The van der Waals surface area contributed by atoms with E-state index in [4.69, 9.17) is 5.11 Å². The maximum absolute atomic E-state index is 12.3. The molecule has 0 aromatic carbocycles. The minimum Gasteiger partial charge on any atom is -0.481 e. The van der Waals surface area contributed by atoms with E-state index < -0.39 is 23.2 Å². The van der Waals surface area contributed by atoms with Gasteiger partial charge in [0, 0.05) is 5.69 Å². The summed E-state index contributed by atoms with van der Waals surface area (Å²) in [5, 5.41) is 12.0. The fraction of sp³-hybridized carbons (Fsp3) is 0.562. The molecule has 1 heterocycles. The topological polar surface area (TPSA) is 79.3 Å². The van der Waals surface area contributed by atoms with Gasteiger partial charge >= 0.3 is 5.97 Å². The molecule has 0 unspecified atom stereocenters. The Morgan fingerprint density at radius 2 is 2.00 bits per heavy atom. The summed E-state index contributed by atoms with van der Waals surface area (Å²) in [4.78, 5) is 27.8. The number of pyridine rings is 1. The van der Waals surface area contributed by atoms with Crippen molar-refractivity contribution in [3.8, 4) is 0 Å². The number of carbonyl (C=O) groups excluding carboxylic acids is 1. The molecule has 2 aliphatic rings. The monoisotopic (exact) mass is 288 g/mol. The first-order valence-electron chi connectivity index (χ1n) is 7.42. The molecule has 5 nitrogen and oxygen atoms in total. The number of carboxylic acids is 1. The Kier molecular flexibility index (Phi) is 3.23. The molecule has 0 aliphatic heterocycles. The van der Waals surface area contributed by atoms with Gasteiger partial charge in [-0.1, -0.05) is 13.8 Å². The number of rotatable bonds is 3. The van der Waals surface area contributed by atoms with Gasteiger partial charge in [0.15, 0.2) is 0 Å². The molecule has 0 saturated heterocycles. The van der Waals surface area contributed by atoms with E-state index in [1.54, 1.807) is 6.20 Å². The molecular formula is C16H20N2O3. The quantitative estimate of drug-likeness (QED) is 0.894. The molecule has 0 spiro atoms. The van der Waals surface area contributed by atoms with Crippen LogP contribution in [-0.4, -0.2) is 22.0 Å². The van der Waals surface area contributed by atoms with E-state index in [1.165, 1.54) is 12.0 Å².